The summed E-state index contributed by atoms with van der Waals surface area (Å²) in [6, 6.07) is 2.49. The van der Waals surface area contributed by atoms with Crippen LogP contribution in [0, 0.1) is 0 Å². The molecule has 0 aromatic carbocycles. The summed E-state index contributed by atoms with van der Waals surface area (Å²) in [6.45, 7) is 4.80. The highest BCUT2D eigenvalue weighted by Crippen LogP contribution is 2.10. The van der Waals surface area contributed by atoms with Gasteiger partial charge >= 0.3 is 0 Å². The molecule has 88 valence electrons. The lowest BCUT2D eigenvalue weighted by Gasteiger charge is -2.21. The number of likely N-dealkylation sites (tertiary alicyclic amines) is 1. The lowest BCUT2D eigenvalue weighted by atomic mass is 10.2. The molecule has 16 heavy (non-hydrogen) atoms. The predicted molar refractivity (Wildman–Crippen MR) is 66.4 cm³/mol. The molecule has 1 atom stereocenters. The van der Waals surface area contributed by atoms with Crippen molar-refractivity contribution in [2.75, 3.05) is 13.1 Å². The van der Waals surface area contributed by atoms with Crippen LogP contribution in [-0.4, -0.2) is 29.9 Å². The van der Waals surface area contributed by atoms with Gasteiger partial charge in [-0.1, -0.05) is 0 Å². The second-order valence-electron chi connectivity index (χ2n) is 4.36. The van der Waals surface area contributed by atoms with Gasteiger partial charge in [0, 0.05) is 32.1 Å². The third kappa shape index (κ3) is 3.06. The van der Waals surface area contributed by atoms with Crippen LogP contribution in [0.15, 0.2) is 16.8 Å². The minimum absolute atomic E-state index is 0.309. The van der Waals surface area contributed by atoms with Gasteiger partial charge in [0.25, 0.3) is 0 Å². The molecule has 1 saturated heterocycles. The van der Waals surface area contributed by atoms with Crippen LogP contribution in [-0.2, 0) is 11.3 Å². The zero-order valence-corrected chi connectivity index (χ0v) is 10.4. The van der Waals surface area contributed by atoms with Crippen molar-refractivity contribution in [1.29, 1.82) is 0 Å². The summed E-state index contributed by atoms with van der Waals surface area (Å²) in [5.74, 6) is 0.309. The predicted octanol–water partition coefficient (Wildman–Crippen LogP) is 1.85. The van der Waals surface area contributed by atoms with Gasteiger partial charge in [-0.2, -0.15) is 11.3 Å². The Morgan fingerprint density at radius 2 is 2.50 bits per heavy atom. The number of thiophene rings is 1. The Morgan fingerprint density at radius 1 is 1.62 bits per heavy atom. The summed E-state index contributed by atoms with van der Waals surface area (Å²) >= 11 is 1.72. The van der Waals surface area contributed by atoms with Crippen molar-refractivity contribution in [3.05, 3.63) is 22.4 Å². The van der Waals surface area contributed by atoms with E-state index in [1.54, 1.807) is 11.3 Å². The Morgan fingerprint density at radius 3 is 3.12 bits per heavy atom. The molecule has 0 spiro atoms. The molecule has 3 nitrogen and oxygen atoms in total. The average Bonchev–Trinajstić information content (AvgIpc) is 2.88. The second kappa shape index (κ2) is 5.46. The quantitative estimate of drug-likeness (QED) is 0.849. The lowest BCUT2D eigenvalue weighted by molar-refractivity contribution is -0.127. The number of hydrogen-bond acceptors (Lipinski definition) is 3. The summed E-state index contributed by atoms with van der Waals surface area (Å²) in [6.07, 6.45) is 1.76. The van der Waals surface area contributed by atoms with Crippen LogP contribution >= 0.6 is 11.3 Å². The van der Waals surface area contributed by atoms with Crippen LogP contribution in [0.25, 0.3) is 0 Å². The zero-order chi connectivity index (χ0) is 11.4. The SMILES string of the molecule is CC(CN1CCCC1=O)NCc1ccsc1. The Balaban J connectivity index is 1.72. The van der Waals surface area contributed by atoms with Crippen LogP contribution in [0.4, 0.5) is 0 Å². The average molecular weight is 238 g/mol. The van der Waals surface area contributed by atoms with Crippen molar-refractivity contribution in [2.24, 2.45) is 0 Å². The normalized spacial score (nSPS) is 18.1. The summed E-state index contributed by atoms with van der Waals surface area (Å²) in [4.78, 5) is 13.4. The topological polar surface area (TPSA) is 32.3 Å². The number of nitrogens with zero attached hydrogens (tertiary/aromatic N) is 1. The first-order chi connectivity index (χ1) is 7.75. The van der Waals surface area contributed by atoms with Gasteiger partial charge in [0.15, 0.2) is 0 Å². The molecular weight excluding hydrogens is 220 g/mol. The summed E-state index contributed by atoms with van der Waals surface area (Å²) in [5.41, 5.74) is 1.32. The van der Waals surface area contributed by atoms with Crippen LogP contribution in [0.1, 0.15) is 25.3 Å². The highest BCUT2D eigenvalue weighted by molar-refractivity contribution is 7.07. The van der Waals surface area contributed by atoms with Crippen molar-refractivity contribution in [2.45, 2.75) is 32.4 Å². The molecule has 1 amide bonds. The first-order valence-corrected chi connectivity index (χ1v) is 6.72. The van der Waals surface area contributed by atoms with Gasteiger partial charge in [-0.05, 0) is 35.7 Å². The van der Waals surface area contributed by atoms with Crippen LogP contribution in [0.2, 0.25) is 0 Å². The van der Waals surface area contributed by atoms with Crippen molar-refractivity contribution >= 4 is 17.2 Å². The fourth-order valence-corrected chi connectivity index (χ4v) is 2.65. The summed E-state index contributed by atoms with van der Waals surface area (Å²) < 4.78 is 0. The highest BCUT2D eigenvalue weighted by atomic mass is 32.1. The van der Waals surface area contributed by atoms with Crippen molar-refractivity contribution < 1.29 is 4.79 Å². The van der Waals surface area contributed by atoms with Crippen molar-refractivity contribution in [3.63, 3.8) is 0 Å². The van der Waals surface area contributed by atoms with Gasteiger partial charge in [0.05, 0.1) is 0 Å². The van der Waals surface area contributed by atoms with Gasteiger partial charge in [-0.3, -0.25) is 4.79 Å². The third-order valence-corrected chi connectivity index (χ3v) is 3.63. The van der Waals surface area contributed by atoms with E-state index in [4.69, 9.17) is 0 Å². The van der Waals surface area contributed by atoms with Crippen molar-refractivity contribution in [1.82, 2.24) is 10.2 Å². The monoisotopic (exact) mass is 238 g/mol. The maximum Gasteiger partial charge on any atom is 0.222 e. The molecule has 0 radical (unpaired) electrons. The summed E-state index contributed by atoms with van der Waals surface area (Å²) in [5, 5.41) is 7.69. The maximum atomic E-state index is 11.4. The zero-order valence-electron chi connectivity index (χ0n) is 9.61. The number of carbonyl (C=O) groups excluding carboxylic acids is 1. The third-order valence-electron chi connectivity index (χ3n) is 2.90. The van der Waals surface area contributed by atoms with E-state index in [0.717, 1.165) is 32.5 Å². The highest BCUT2D eigenvalue weighted by Gasteiger charge is 2.21. The fourth-order valence-electron chi connectivity index (χ4n) is 1.98. The molecule has 2 heterocycles. The molecule has 0 saturated carbocycles. The largest absolute Gasteiger partial charge is 0.341 e. The Bertz CT molecular complexity index is 337. The number of hydrogen-bond donors (Lipinski definition) is 1. The molecule has 1 aliphatic rings. The van der Waals surface area contributed by atoms with E-state index in [1.165, 1.54) is 5.56 Å². The molecule has 1 N–H and O–H groups in total. The molecule has 0 bridgehead atoms. The molecule has 0 aliphatic carbocycles. The van der Waals surface area contributed by atoms with Crippen molar-refractivity contribution in [3.8, 4) is 0 Å². The van der Waals surface area contributed by atoms with Crippen LogP contribution < -0.4 is 5.32 Å². The second-order valence-corrected chi connectivity index (χ2v) is 5.14. The van der Waals surface area contributed by atoms with E-state index in [9.17, 15) is 4.79 Å². The minimum atomic E-state index is 0.309. The van der Waals surface area contributed by atoms with Gasteiger partial charge in [-0.15, -0.1) is 0 Å². The number of rotatable bonds is 5. The first kappa shape index (κ1) is 11.6. The van der Waals surface area contributed by atoms with E-state index in [-0.39, 0.29) is 0 Å². The number of amides is 1. The Labute approximate surface area is 100 Å². The summed E-state index contributed by atoms with van der Waals surface area (Å²) in [7, 11) is 0. The fraction of sp³-hybridized carbons (Fsp3) is 0.583. The van der Waals surface area contributed by atoms with Crippen LogP contribution in [0.3, 0.4) is 0 Å². The molecule has 4 heteroatoms. The molecule has 1 fully saturated rings. The lowest BCUT2D eigenvalue weighted by Crippen LogP contribution is -2.39. The molecule has 1 aromatic rings. The van der Waals surface area contributed by atoms with E-state index in [1.807, 2.05) is 4.90 Å². The molecule has 2 rings (SSSR count). The van der Waals surface area contributed by atoms with Gasteiger partial charge in [0.2, 0.25) is 5.91 Å². The van der Waals surface area contributed by atoms with Gasteiger partial charge in [0.1, 0.15) is 0 Å². The smallest absolute Gasteiger partial charge is 0.222 e. The first-order valence-electron chi connectivity index (χ1n) is 5.78. The number of nitrogens with one attached hydrogen (secondary N) is 1. The van der Waals surface area contributed by atoms with E-state index < -0.39 is 0 Å². The molecule has 1 unspecified atom stereocenters. The van der Waals surface area contributed by atoms with Gasteiger partial charge in [-0.25, -0.2) is 0 Å². The Kier molecular flexibility index (Phi) is 3.96. The molecular formula is C12H18N2OS. The van der Waals surface area contributed by atoms with E-state index in [2.05, 4.69) is 29.1 Å². The molecule has 1 aromatic heterocycles. The molecule has 1 aliphatic heterocycles. The standard InChI is InChI=1S/C12H18N2OS/c1-10(8-14-5-2-3-12(14)15)13-7-11-4-6-16-9-11/h4,6,9-10,13H,2-3,5,7-8H2,1H3. The maximum absolute atomic E-state index is 11.4. The number of carbonyl (C=O) groups is 1. The van der Waals surface area contributed by atoms with Crippen LogP contribution in [0.5, 0.6) is 0 Å². The Hall–Kier alpha value is -0.870. The van der Waals surface area contributed by atoms with E-state index >= 15 is 0 Å². The van der Waals surface area contributed by atoms with E-state index in [0.29, 0.717) is 11.9 Å². The minimum Gasteiger partial charge on any atom is -0.341 e. The van der Waals surface area contributed by atoms with Gasteiger partial charge < -0.3 is 10.2 Å².